The van der Waals surface area contributed by atoms with Gasteiger partial charge in [0.2, 0.25) is 0 Å². The maximum Gasteiger partial charge on any atom is 0.143 e. The molecule has 0 aliphatic heterocycles. The summed E-state index contributed by atoms with van der Waals surface area (Å²) in [5.41, 5.74) is 0. The van der Waals surface area contributed by atoms with Gasteiger partial charge in [-0.15, -0.1) is 0 Å². The van der Waals surface area contributed by atoms with Crippen molar-refractivity contribution in [2.45, 2.75) is 33.2 Å². The van der Waals surface area contributed by atoms with Crippen molar-refractivity contribution in [1.82, 2.24) is 5.32 Å². The molecule has 0 spiro atoms. The second-order valence-electron chi connectivity index (χ2n) is 2.39. The Morgan fingerprint density at radius 3 is 2.56 bits per heavy atom. The molecule has 0 unspecified atom stereocenters. The van der Waals surface area contributed by atoms with Crippen LogP contribution in [-0.4, -0.2) is 18.4 Å². The first kappa shape index (κ1) is 8.63. The third kappa shape index (κ3) is 5.50. The minimum atomic E-state index is 0.204. The summed E-state index contributed by atoms with van der Waals surface area (Å²) in [6.07, 6.45) is 1.08. The van der Waals surface area contributed by atoms with Gasteiger partial charge in [0.15, 0.2) is 0 Å². The predicted molar refractivity (Wildman–Crippen MR) is 38.4 cm³/mol. The van der Waals surface area contributed by atoms with Crippen LogP contribution in [0, 0.1) is 0 Å². The summed E-state index contributed by atoms with van der Waals surface area (Å²) in [5, 5.41) is 3.08. The van der Waals surface area contributed by atoms with E-state index in [2.05, 4.69) is 19.2 Å². The Morgan fingerprint density at radius 2 is 2.22 bits per heavy atom. The van der Waals surface area contributed by atoms with Gasteiger partial charge in [-0.2, -0.15) is 0 Å². The lowest BCUT2D eigenvalue weighted by atomic mass is 10.2. The van der Waals surface area contributed by atoms with Gasteiger partial charge in [-0.1, -0.05) is 6.92 Å². The number of nitrogens with one attached hydrogen (secondary N) is 1. The second-order valence-corrected chi connectivity index (χ2v) is 2.39. The summed E-state index contributed by atoms with van der Waals surface area (Å²) in [4.78, 5) is 10.4. The van der Waals surface area contributed by atoms with Crippen molar-refractivity contribution in [2.75, 3.05) is 6.54 Å². The van der Waals surface area contributed by atoms with Crippen molar-refractivity contribution in [2.24, 2.45) is 0 Å². The summed E-state index contributed by atoms with van der Waals surface area (Å²) < 4.78 is 0. The Labute approximate surface area is 56.6 Å². The average molecular weight is 129 g/mol. The van der Waals surface area contributed by atoms with Gasteiger partial charge in [0, 0.05) is 6.04 Å². The van der Waals surface area contributed by atoms with Gasteiger partial charge >= 0.3 is 0 Å². The molecule has 0 fully saturated rings. The van der Waals surface area contributed by atoms with E-state index in [0.29, 0.717) is 12.6 Å². The van der Waals surface area contributed by atoms with Crippen molar-refractivity contribution in [3.63, 3.8) is 0 Å². The number of rotatable bonds is 4. The lowest BCUT2D eigenvalue weighted by molar-refractivity contribution is -0.116. The molecule has 0 heterocycles. The van der Waals surface area contributed by atoms with Gasteiger partial charge in [-0.05, 0) is 20.3 Å². The van der Waals surface area contributed by atoms with Crippen LogP contribution >= 0.6 is 0 Å². The van der Waals surface area contributed by atoms with Crippen LogP contribution in [0.1, 0.15) is 27.2 Å². The molecule has 0 bridgehead atoms. The van der Waals surface area contributed by atoms with Gasteiger partial charge in [0.05, 0.1) is 6.54 Å². The van der Waals surface area contributed by atoms with Gasteiger partial charge in [0.1, 0.15) is 5.78 Å². The van der Waals surface area contributed by atoms with E-state index in [0.717, 1.165) is 6.42 Å². The van der Waals surface area contributed by atoms with E-state index in [1.54, 1.807) is 6.92 Å². The smallest absolute Gasteiger partial charge is 0.143 e. The minimum absolute atomic E-state index is 0.204. The van der Waals surface area contributed by atoms with Gasteiger partial charge in [0.25, 0.3) is 0 Å². The Kier molecular flexibility index (Phi) is 4.32. The molecule has 2 nitrogen and oxygen atoms in total. The first-order valence-corrected chi connectivity index (χ1v) is 3.39. The van der Waals surface area contributed by atoms with Crippen LogP contribution in [0.5, 0.6) is 0 Å². The largest absolute Gasteiger partial charge is 0.308 e. The van der Waals surface area contributed by atoms with Gasteiger partial charge in [-0.25, -0.2) is 0 Å². The summed E-state index contributed by atoms with van der Waals surface area (Å²) in [5.74, 6) is 0.204. The van der Waals surface area contributed by atoms with E-state index in [4.69, 9.17) is 0 Å². The maximum absolute atomic E-state index is 10.4. The highest BCUT2D eigenvalue weighted by Crippen LogP contribution is 1.85. The van der Waals surface area contributed by atoms with Crippen molar-refractivity contribution >= 4 is 5.78 Å². The molecule has 2 heteroatoms. The number of carbonyl (C=O) groups is 1. The molecule has 0 aliphatic rings. The quantitative estimate of drug-likeness (QED) is 0.612. The normalized spacial score (nSPS) is 13.2. The Hall–Kier alpha value is -0.370. The Morgan fingerprint density at radius 1 is 1.67 bits per heavy atom. The number of hydrogen-bond acceptors (Lipinski definition) is 2. The van der Waals surface area contributed by atoms with Crippen molar-refractivity contribution < 1.29 is 4.79 Å². The van der Waals surface area contributed by atoms with Crippen LogP contribution < -0.4 is 5.32 Å². The predicted octanol–water partition coefficient (Wildman–Crippen LogP) is 0.964. The molecular formula is C7H15NO. The van der Waals surface area contributed by atoms with Gasteiger partial charge in [-0.3, -0.25) is 4.79 Å². The molecule has 0 aromatic carbocycles. The van der Waals surface area contributed by atoms with Crippen molar-refractivity contribution in [1.29, 1.82) is 0 Å². The second kappa shape index (κ2) is 4.50. The number of ketones is 1. The molecule has 1 atom stereocenters. The third-order valence-corrected chi connectivity index (χ3v) is 1.31. The molecule has 1 N–H and O–H groups in total. The monoisotopic (exact) mass is 129 g/mol. The lowest BCUT2D eigenvalue weighted by Gasteiger charge is -2.07. The van der Waals surface area contributed by atoms with Crippen LogP contribution in [0.3, 0.4) is 0 Å². The van der Waals surface area contributed by atoms with E-state index >= 15 is 0 Å². The fraction of sp³-hybridized carbons (Fsp3) is 0.857. The Balaban J connectivity index is 3.16. The van der Waals surface area contributed by atoms with Crippen LogP contribution in [0.15, 0.2) is 0 Å². The zero-order valence-electron chi connectivity index (χ0n) is 6.40. The molecule has 0 aromatic heterocycles. The molecule has 0 aromatic rings. The molecule has 0 saturated heterocycles. The van der Waals surface area contributed by atoms with E-state index in [1.165, 1.54) is 0 Å². The number of hydrogen-bond donors (Lipinski definition) is 1. The highest BCUT2D eigenvalue weighted by molar-refractivity contribution is 5.77. The summed E-state index contributed by atoms with van der Waals surface area (Å²) in [7, 11) is 0. The van der Waals surface area contributed by atoms with Crippen LogP contribution in [-0.2, 0) is 4.79 Å². The molecule has 0 rings (SSSR count). The number of carbonyl (C=O) groups excluding carboxylic acids is 1. The molecule has 54 valence electrons. The third-order valence-electron chi connectivity index (χ3n) is 1.31. The van der Waals surface area contributed by atoms with E-state index in [-0.39, 0.29) is 5.78 Å². The van der Waals surface area contributed by atoms with Crippen LogP contribution in [0.25, 0.3) is 0 Å². The fourth-order valence-corrected chi connectivity index (χ4v) is 0.462. The highest BCUT2D eigenvalue weighted by Gasteiger charge is 1.97. The molecule has 0 saturated carbocycles. The first-order chi connectivity index (χ1) is 4.16. The summed E-state index contributed by atoms with van der Waals surface area (Å²) in [6.45, 7) is 6.27. The highest BCUT2D eigenvalue weighted by atomic mass is 16.1. The first-order valence-electron chi connectivity index (χ1n) is 3.39. The molecule has 0 radical (unpaired) electrons. The average Bonchev–Trinajstić information content (AvgIpc) is 1.83. The summed E-state index contributed by atoms with van der Waals surface area (Å²) >= 11 is 0. The SMILES string of the molecule is CC[C@@H](C)NCC(C)=O. The van der Waals surface area contributed by atoms with E-state index in [1.807, 2.05) is 0 Å². The molecule has 9 heavy (non-hydrogen) atoms. The molecule has 0 amide bonds. The van der Waals surface area contributed by atoms with E-state index < -0.39 is 0 Å². The fourth-order valence-electron chi connectivity index (χ4n) is 0.462. The zero-order chi connectivity index (χ0) is 7.28. The van der Waals surface area contributed by atoms with Gasteiger partial charge < -0.3 is 5.32 Å². The maximum atomic E-state index is 10.4. The van der Waals surface area contributed by atoms with Crippen LogP contribution in [0.2, 0.25) is 0 Å². The van der Waals surface area contributed by atoms with Crippen LogP contribution in [0.4, 0.5) is 0 Å². The van der Waals surface area contributed by atoms with E-state index in [9.17, 15) is 4.79 Å². The minimum Gasteiger partial charge on any atom is -0.308 e. The van der Waals surface area contributed by atoms with Crippen molar-refractivity contribution in [3.05, 3.63) is 0 Å². The Bertz CT molecular complexity index is 90.9. The summed E-state index contributed by atoms with van der Waals surface area (Å²) in [6, 6.07) is 0.467. The number of Topliss-reactive ketones (excluding diaryl/α,β-unsaturated/α-hetero) is 1. The van der Waals surface area contributed by atoms with Crippen molar-refractivity contribution in [3.8, 4) is 0 Å². The molecule has 0 aliphatic carbocycles. The zero-order valence-corrected chi connectivity index (χ0v) is 6.40. The topological polar surface area (TPSA) is 29.1 Å². The lowest BCUT2D eigenvalue weighted by Crippen LogP contribution is -2.29. The standard InChI is InChI=1S/C7H15NO/c1-4-6(2)8-5-7(3)9/h6,8H,4-5H2,1-3H3/t6-/m1/s1. The molecular weight excluding hydrogens is 114 g/mol.